The molecule has 0 aromatic heterocycles. The molecule has 442 valence electrons. The average molecular weight is 1090 g/mol. The molecule has 3 atom stereocenters. The molecular weight excluding hydrogens is 976 g/mol. The van der Waals surface area contributed by atoms with Gasteiger partial charge in [0.05, 0.1) is 19.8 Å². The summed E-state index contributed by atoms with van der Waals surface area (Å²) in [4.78, 5) is 48.7. The Morgan fingerprint density at radius 2 is 0.684 bits per heavy atom. The Bertz CT molecular complexity index is 1510. The maximum absolute atomic E-state index is 12.9. The van der Waals surface area contributed by atoms with Gasteiger partial charge in [-0.05, 0) is 83.5 Å². The van der Waals surface area contributed by atoms with Crippen LogP contribution < -0.4 is 0 Å². The predicted molar refractivity (Wildman–Crippen MR) is 316 cm³/mol. The number of unbranched alkanes of at least 4 members (excludes halogenated alkanes) is 31. The molecule has 3 unspecified atom stereocenters. The highest BCUT2D eigenvalue weighted by molar-refractivity contribution is 7.47. The lowest BCUT2D eigenvalue weighted by atomic mass is 10.0. The standard InChI is InChI=1S/C64H115O11P/c1-4-7-10-13-16-19-22-25-27-29-30-32-33-36-38-41-44-47-50-53-62(66)71-57-61(75-64(68)55-52-49-46-43-40-37-34-31-28-26-23-20-17-14-11-8-5-2)59-73-76(69,70)72-58-60(56-65)74-63(67)54-51-48-45-42-39-35-24-21-18-15-12-9-6-3/h9,12,16,18-19,21,25,27,35,39,60-61,65H,4-8,10-11,13-15,17,20,22-24,26,28-34,36-38,40-59H2,1-3H3,(H,69,70)/b12-9-,19-16-,21-18-,27-25-,39-35-. The van der Waals surface area contributed by atoms with Crippen LogP contribution in [-0.4, -0.2) is 66.5 Å². The molecule has 11 nitrogen and oxygen atoms in total. The van der Waals surface area contributed by atoms with Crippen LogP contribution in [0.3, 0.4) is 0 Å². The lowest BCUT2D eigenvalue weighted by molar-refractivity contribution is -0.161. The van der Waals surface area contributed by atoms with Crippen LogP contribution in [0, 0.1) is 0 Å². The van der Waals surface area contributed by atoms with Gasteiger partial charge in [0, 0.05) is 19.3 Å². The van der Waals surface area contributed by atoms with E-state index in [0.717, 1.165) is 89.9 Å². The van der Waals surface area contributed by atoms with Crippen molar-refractivity contribution in [1.82, 2.24) is 0 Å². The zero-order valence-electron chi connectivity index (χ0n) is 49.0. The van der Waals surface area contributed by atoms with E-state index in [4.69, 9.17) is 23.3 Å². The molecule has 0 fully saturated rings. The number of rotatable bonds is 58. The molecule has 0 amide bonds. The van der Waals surface area contributed by atoms with Crippen LogP contribution >= 0.6 is 7.82 Å². The molecule has 0 spiro atoms. The van der Waals surface area contributed by atoms with Crippen molar-refractivity contribution in [3.63, 3.8) is 0 Å². The van der Waals surface area contributed by atoms with Gasteiger partial charge in [-0.2, -0.15) is 0 Å². The predicted octanol–water partition coefficient (Wildman–Crippen LogP) is 18.7. The Balaban J connectivity index is 4.71. The van der Waals surface area contributed by atoms with Gasteiger partial charge >= 0.3 is 25.7 Å². The number of hydrogen-bond donors (Lipinski definition) is 2. The molecule has 0 saturated carbocycles. The maximum Gasteiger partial charge on any atom is 0.472 e. The quantitative estimate of drug-likeness (QED) is 0.0197. The molecule has 0 aromatic rings. The van der Waals surface area contributed by atoms with Crippen molar-refractivity contribution in [2.45, 2.75) is 303 Å². The second kappa shape index (κ2) is 58.3. The van der Waals surface area contributed by atoms with E-state index < -0.39 is 57.8 Å². The van der Waals surface area contributed by atoms with Crippen molar-refractivity contribution in [3.05, 3.63) is 60.8 Å². The number of phosphoric acid groups is 1. The number of esters is 3. The molecule has 76 heavy (non-hydrogen) atoms. The third-order valence-corrected chi connectivity index (χ3v) is 14.4. The van der Waals surface area contributed by atoms with Gasteiger partial charge in [0.15, 0.2) is 6.10 Å². The van der Waals surface area contributed by atoms with Crippen molar-refractivity contribution >= 4 is 25.7 Å². The fourth-order valence-electron chi connectivity index (χ4n) is 8.70. The minimum Gasteiger partial charge on any atom is -0.462 e. The zero-order chi connectivity index (χ0) is 55.5. The van der Waals surface area contributed by atoms with Crippen LogP contribution in [0.1, 0.15) is 290 Å². The molecule has 0 aromatic carbocycles. The third kappa shape index (κ3) is 55.9. The first kappa shape index (κ1) is 73.2. The maximum atomic E-state index is 12.9. The highest BCUT2D eigenvalue weighted by atomic mass is 31.2. The number of carbonyl (C=O) groups excluding carboxylic acids is 3. The van der Waals surface area contributed by atoms with Crippen molar-refractivity contribution in [1.29, 1.82) is 0 Å². The molecule has 0 heterocycles. The third-order valence-electron chi connectivity index (χ3n) is 13.4. The van der Waals surface area contributed by atoms with E-state index in [2.05, 4.69) is 81.5 Å². The average Bonchev–Trinajstić information content (AvgIpc) is 3.41. The Hall–Kier alpha value is -2.82. The van der Waals surface area contributed by atoms with Crippen LogP contribution in [-0.2, 0) is 42.2 Å². The number of carbonyl (C=O) groups is 3. The van der Waals surface area contributed by atoms with Crippen molar-refractivity contribution in [2.75, 3.05) is 26.4 Å². The summed E-state index contributed by atoms with van der Waals surface area (Å²) >= 11 is 0. The van der Waals surface area contributed by atoms with Gasteiger partial charge in [-0.15, -0.1) is 0 Å². The molecule has 0 aliphatic heterocycles. The summed E-state index contributed by atoms with van der Waals surface area (Å²) in [6, 6.07) is 0. The lowest BCUT2D eigenvalue weighted by Gasteiger charge is -2.21. The van der Waals surface area contributed by atoms with Crippen LogP contribution in [0.5, 0.6) is 0 Å². The second-order valence-corrected chi connectivity index (χ2v) is 22.3. The van der Waals surface area contributed by atoms with E-state index in [0.29, 0.717) is 19.3 Å². The fourth-order valence-corrected chi connectivity index (χ4v) is 9.48. The van der Waals surface area contributed by atoms with Crippen molar-refractivity contribution in [2.24, 2.45) is 0 Å². The minimum absolute atomic E-state index is 0.142. The van der Waals surface area contributed by atoms with Crippen molar-refractivity contribution < 1.29 is 52.2 Å². The van der Waals surface area contributed by atoms with E-state index in [-0.39, 0.29) is 25.9 Å². The second-order valence-electron chi connectivity index (χ2n) is 20.8. The molecular formula is C64H115O11P. The Morgan fingerprint density at radius 1 is 0.382 bits per heavy atom. The van der Waals surface area contributed by atoms with Crippen LogP contribution in [0.15, 0.2) is 60.8 Å². The van der Waals surface area contributed by atoms with Gasteiger partial charge in [0.25, 0.3) is 0 Å². The summed E-state index contributed by atoms with van der Waals surface area (Å²) < 4.78 is 39.6. The number of allylic oxidation sites excluding steroid dienone is 10. The summed E-state index contributed by atoms with van der Waals surface area (Å²) in [5, 5.41) is 9.82. The summed E-state index contributed by atoms with van der Waals surface area (Å²) in [5.41, 5.74) is 0. The summed E-state index contributed by atoms with van der Waals surface area (Å²) in [6.45, 7) is 4.51. The van der Waals surface area contributed by atoms with Crippen molar-refractivity contribution in [3.8, 4) is 0 Å². The number of aliphatic hydroxyl groups excluding tert-OH is 1. The fraction of sp³-hybridized carbons (Fsp3) is 0.797. The van der Waals surface area contributed by atoms with Crippen LogP contribution in [0.2, 0.25) is 0 Å². The first-order valence-corrected chi connectivity index (χ1v) is 32.7. The number of ether oxygens (including phenoxy) is 3. The lowest BCUT2D eigenvalue weighted by Crippen LogP contribution is -2.30. The van der Waals surface area contributed by atoms with E-state index in [9.17, 15) is 28.9 Å². The highest BCUT2D eigenvalue weighted by Crippen LogP contribution is 2.43. The van der Waals surface area contributed by atoms with E-state index in [1.54, 1.807) is 0 Å². The molecule has 0 aliphatic rings. The van der Waals surface area contributed by atoms with E-state index in [1.165, 1.54) is 141 Å². The van der Waals surface area contributed by atoms with Crippen LogP contribution in [0.4, 0.5) is 0 Å². The number of phosphoric ester groups is 1. The molecule has 0 bridgehead atoms. The topological polar surface area (TPSA) is 155 Å². The Morgan fingerprint density at radius 3 is 1.09 bits per heavy atom. The van der Waals surface area contributed by atoms with Gasteiger partial charge in [-0.25, -0.2) is 4.57 Å². The first-order chi connectivity index (χ1) is 37.2. The molecule has 0 saturated heterocycles. The van der Waals surface area contributed by atoms with E-state index >= 15 is 0 Å². The smallest absolute Gasteiger partial charge is 0.462 e. The molecule has 0 aliphatic carbocycles. The Kier molecular flexibility index (Phi) is 56.2. The van der Waals surface area contributed by atoms with E-state index in [1.807, 2.05) is 0 Å². The van der Waals surface area contributed by atoms with Crippen LogP contribution in [0.25, 0.3) is 0 Å². The largest absolute Gasteiger partial charge is 0.472 e. The van der Waals surface area contributed by atoms with Gasteiger partial charge in [0.2, 0.25) is 0 Å². The van der Waals surface area contributed by atoms with Gasteiger partial charge in [0.1, 0.15) is 12.7 Å². The molecule has 0 radical (unpaired) electrons. The molecule has 0 rings (SSSR count). The summed E-state index contributed by atoms with van der Waals surface area (Å²) in [7, 11) is -4.76. The molecule has 2 N–H and O–H groups in total. The van der Waals surface area contributed by atoms with Gasteiger partial charge < -0.3 is 24.2 Å². The highest BCUT2D eigenvalue weighted by Gasteiger charge is 2.28. The van der Waals surface area contributed by atoms with Gasteiger partial charge in [-0.3, -0.25) is 23.4 Å². The number of hydrogen-bond acceptors (Lipinski definition) is 10. The number of aliphatic hydroxyl groups is 1. The summed E-state index contributed by atoms with van der Waals surface area (Å²) in [5.74, 6) is -1.48. The first-order valence-electron chi connectivity index (χ1n) is 31.2. The molecule has 12 heteroatoms. The minimum atomic E-state index is -4.76. The van der Waals surface area contributed by atoms with Gasteiger partial charge in [-0.1, -0.05) is 248 Å². The monoisotopic (exact) mass is 1090 g/mol. The summed E-state index contributed by atoms with van der Waals surface area (Å²) in [6.07, 6.45) is 64.6. The zero-order valence-corrected chi connectivity index (χ0v) is 49.9. The normalized spacial score (nSPS) is 13.7. The SMILES string of the molecule is CC/C=C\C/C=C\C/C=C\CCCCCC(=O)OC(CO)COP(=O)(O)OCC(COC(=O)CCCCCCCCCCC/C=C\C/C=C\CCCCC)OC(=O)CCCCCCCCCCCCCCCCCCC. The Labute approximate surface area is 465 Å².